The smallest absolute Gasteiger partial charge is 0.273 e. The normalized spacial score (nSPS) is 15.3. The maximum atomic E-state index is 12.7. The van der Waals surface area contributed by atoms with E-state index >= 15 is 0 Å². The molecule has 5 nitrogen and oxygen atoms in total. The summed E-state index contributed by atoms with van der Waals surface area (Å²) < 4.78 is 0. The zero-order valence-corrected chi connectivity index (χ0v) is 15.7. The maximum Gasteiger partial charge on any atom is 0.273 e. The SMILES string of the molecule is CC(C)(C)C(=O)N1CCN(C(=O)c2csc(-c3ccccc3)n2)CC1. The molecule has 1 aliphatic rings. The van der Waals surface area contributed by atoms with Gasteiger partial charge in [0.1, 0.15) is 10.7 Å². The number of rotatable bonds is 2. The van der Waals surface area contributed by atoms with Crippen molar-refractivity contribution >= 4 is 23.2 Å². The molecule has 1 saturated heterocycles. The minimum Gasteiger partial charge on any atom is -0.339 e. The molecule has 6 heteroatoms. The van der Waals surface area contributed by atoms with Crippen molar-refractivity contribution in [1.29, 1.82) is 0 Å². The van der Waals surface area contributed by atoms with Gasteiger partial charge >= 0.3 is 0 Å². The van der Waals surface area contributed by atoms with Crippen LogP contribution in [0.5, 0.6) is 0 Å². The second-order valence-electron chi connectivity index (χ2n) is 7.24. The van der Waals surface area contributed by atoms with Crippen LogP contribution in [-0.2, 0) is 4.79 Å². The molecule has 0 atom stereocenters. The first-order chi connectivity index (χ1) is 11.9. The van der Waals surface area contributed by atoms with E-state index in [4.69, 9.17) is 0 Å². The Balaban J connectivity index is 1.64. The van der Waals surface area contributed by atoms with Crippen LogP contribution in [0.1, 0.15) is 31.3 Å². The Kier molecular flexibility index (Phi) is 4.90. The largest absolute Gasteiger partial charge is 0.339 e. The summed E-state index contributed by atoms with van der Waals surface area (Å²) in [6.07, 6.45) is 0. The van der Waals surface area contributed by atoms with Crippen molar-refractivity contribution in [3.8, 4) is 10.6 Å². The number of amides is 2. The van der Waals surface area contributed by atoms with Crippen LogP contribution in [0.15, 0.2) is 35.7 Å². The number of thiazole rings is 1. The standard InChI is InChI=1S/C19H23N3O2S/c1-19(2,3)18(24)22-11-9-21(10-12-22)17(23)15-13-25-16(20-15)14-7-5-4-6-8-14/h4-8,13H,9-12H2,1-3H3. The van der Waals surface area contributed by atoms with Crippen LogP contribution in [0.3, 0.4) is 0 Å². The van der Waals surface area contributed by atoms with Crippen molar-refractivity contribution in [1.82, 2.24) is 14.8 Å². The highest BCUT2D eigenvalue weighted by atomic mass is 32.1. The average Bonchev–Trinajstić information content (AvgIpc) is 3.11. The second-order valence-corrected chi connectivity index (χ2v) is 8.10. The van der Waals surface area contributed by atoms with Crippen molar-refractivity contribution in [2.75, 3.05) is 26.2 Å². The fourth-order valence-corrected chi connectivity index (χ4v) is 3.63. The number of piperazine rings is 1. The summed E-state index contributed by atoms with van der Waals surface area (Å²) in [5.74, 6) is 0.0842. The van der Waals surface area contributed by atoms with E-state index < -0.39 is 0 Å². The van der Waals surface area contributed by atoms with Gasteiger partial charge in [-0.25, -0.2) is 4.98 Å². The Morgan fingerprint density at radius 1 is 1.00 bits per heavy atom. The molecular formula is C19H23N3O2S. The van der Waals surface area contributed by atoms with Crippen LogP contribution in [0.25, 0.3) is 10.6 Å². The van der Waals surface area contributed by atoms with E-state index in [1.807, 2.05) is 61.4 Å². The molecule has 1 aliphatic heterocycles. The van der Waals surface area contributed by atoms with E-state index in [-0.39, 0.29) is 17.2 Å². The van der Waals surface area contributed by atoms with Crippen molar-refractivity contribution in [3.63, 3.8) is 0 Å². The number of nitrogens with zero attached hydrogens (tertiary/aromatic N) is 3. The van der Waals surface area contributed by atoms with Gasteiger partial charge < -0.3 is 9.80 Å². The summed E-state index contributed by atoms with van der Waals surface area (Å²) in [7, 11) is 0. The first-order valence-corrected chi connectivity index (χ1v) is 9.34. The van der Waals surface area contributed by atoms with Gasteiger partial charge in [-0.1, -0.05) is 51.1 Å². The van der Waals surface area contributed by atoms with Gasteiger partial charge in [0.05, 0.1) is 0 Å². The van der Waals surface area contributed by atoms with E-state index in [1.54, 1.807) is 4.90 Å². The Morgan fingerprint density at radius 2 is 1.60 bits per heavy atom. The van der Waals surface area contributed by atoms with Crippen LogP contribution < -0.4 is 0 Å². The summed E-state index contributed by atoms with van der Waals surface area (Å²) in [6, 6.07) is 9.86. The molecule has 0 bridgehead atoms. The monoisotopic (exact) mass is 357 g/mol. The van der Waals surface area contributed by atoms with Crippen molar-refractivity contribution in [3.05, 3.63) is 41.4 Å². The minimum absolute atomic E-state index is 0.0544. The molecule has 0 spiro atoms. The molecule has 0 aliphatic carbocycles. The van der Waals surface area contributed by atoms with Gasteiger partial charge in [-0.3, -0.25) is 9.59 Å². The van der Waals surface area contributed by atoms with Crippen LogP contribution in [0.4, 0.5) is 0 Å². The van der Waals surface area contributed by atoms with E-state index in [9.17, 15) is 9.59 Å². The molecule has 2 amide bonds. The molecule has 25 heavy (non-hydrogen) atoms. The van der Waals surface area contributed by atoms with Crippen LogP contribution in [0.2, 0.25) is 0 Å². The van der Waals surface area contributed by atoms with E-state index in [0.29, 0.717) is 31.9 Å². The van der Waals surface area contributed by atoms with E-state index in [1.165, 1.54) is 11.3 Å². The fourth-order valence-electron chi connectivity index (χ4n) is 2.83. The molecule has 132 valence electrons. The number of benzene rings is 1. The zero-order chi connectivity index (χ0) is 18.0. The number of carbonyl (C=O) groups excluding carboxylic acids is 2. The highest BCUT2D eigenvalue weighted by molar-refractivity contribution is 7.13. The number of hydrogen-bond donors (Lipinski definition) is 0. The third kappa shape index (κ3) is 3.90. The van der Waals surface area contributed by atoms with Crippen LogP contribution in [0, 0.1) is 5.41 Å². The summed E-state index contributed by atoms with van der Waals surface area (Å²) in [5.41, 5.74) is 1.12. The Bertz CT molecular complexity index is 756. The van der Waals surface area contributed by atoms with Crippen LogP contribution >= 0.6 is 11.3 Å². The average molecular weight is 357 g/mol. The first-order valence-electron chi connectivity index (χ1n) is 8.46. The van der Waals surface area contributed by atoms with Gasteiger partial charge in [-0.15, -0.1) is 11.3 Å². The third-order valence-electron chi connectivity index (χ3n) is 4.24. The predicted molar refractivity (Wildman–Crippen MR) is 99.5 cm³/mol. The molecular weight excluding hydrogens is 334 g/mol. The van der Waals surface area contributed by atoms with Gasteiger partial charge in [0.2, 0.25) is 5.91 Å². The topological polar surface area (TPSA) is 53.5 Å². The van der Waals surface area contributed by atoms with Gasteiger partial charge in [-0.05, 0) is 0 Å². The molecule has 3 rings (SSSR count). The van der Waals surface area contributed by atoms with Crippen molar-refractivity contribution in [2.24, 2.45) is 5.41 Å². The summed E-state index contributed by atoms with van der Waals surface area (Å²) >= 11 is 1.48. The van der Waals surface area contributed by atoms with E-state index in [0.717, 1.165) is 10.6 Å². The number of carbonyl (C=O) groups is 2. The van der Waals surface area contributed by atoms with Gasteiger partial charge in [0.15, 0.2) is 0 Å². The second kappa shape index (κ2) is 6.96. The number of aromatic nitrogens is 1. The Morgan fingerprint density at radius 3 is 2.20 bits per heavy atom. The quantitative estimate of drug-likeness (QED) is 0.830. The highest BCUT2D eigenvalue weighted by Gasteiger charge is 2.31. The van der Waals surface area contributed by atoms with Crippen LogP contribution in [-0.4, -0.2) is 52.8 Å². The lowest BCUT2D eigenvalue weighted by atomic mass is 9.94. The lowest BCUT2D eigenvalue weighted by Gasteiger charge is -2.37. The molecule has 2 heterocycles. The molecule has 1 fully saturated rings. The van der Waals surface area contributed by atoms with Gasteiger partial charge in [-0.2, -0.15) is 0 Å². The summed E-state index contributed by atoms with van der Waals surface area (Å²) in [5, 5.41) is 2.67. The molecule has 1 aromatic heterocycles. The van der Waals surface area contributed by atoms with Gasteiger partial charge in [0, 0.05) is 42.5 Å². The van der Waals surface area contributed by atoms with E-state index in [2.05, 4.69) is 4.98 Å². The summed E-state index contributed by atoms with van der Waals surface area (Å²) in [4.78, 5) is 33.2. The Hall–Kier alpha value is -2.21. The first kappa shape index (κ1) is 17.6. The maximum absolute atomic E-state index is 12.7. The lowest BCUT2D eigenvalue weighted by Crippen LogP contribution is -2.53. The van der Waals surface area contributed by atoms with Crippen molar-refractivity contribution in [2.45, 2.75) is 20.8 Å². The molecule has 0 unspecified atom stereocenters. The van der Waals surface area contributed by atoms with Gasteiger partial charge in [0.25, 0.3) is 5.91 Å². The molecule has 0 saturated carbocycles. The minimum atomic E-state index is -0.383. The molecule has 2 aromatic rings. The molecule has 1 aromatic carbocycles. The molecule has 0 radical (unpaired) electrons. The Labute approximate surface area is 152 Å². The number of hydrogen-bond acceptors (Lipinski definition) is 4. The fraction of sp³-hybridized carbons (Fsp3) is 0.421. The molecule has 0 N–H and O–H groups in total. The summed E-state index contributed by atoms with van der Waals surface area (Å²) in [6.45, 7) is 8.04. The third-order valence-corrected chi connectivity index (χ3v) is 5.13. The zero-order valence-electron chi connectivity index (χ0n) is 14.9. The predicted octanol–water partition coefficient (Wildman–Crippen LogP) is 3.14. The lowest BCUT2D eigenvalue weighted by molar-refractivity contribution is -0.140. The van der Waals surface area contributed by atoms with Crippen molar-refractivity contribution < 1.29 is 9.59 Å². The highest BCUT2D eigenvalue weighted by Crippen LogP contribution is 2.24.